The number of fused-ring (bicyclic) bond motifs is 1. The maximum absolute atomic E-state index is 15.6. The second-order valence-electron chi connectivity index (χ2n) is 11.2. The number of methoxy groups -OCH3 is 1. The first-order valence-electron chi connectivity index (χ1n) is 24.9. The minimum absolute atomic E-state index is 0.127. The first-order chi connectivity index (χ1) is 32.7. The number of rotatable bonds is 12. The van der Waals surface area contributed by atoms with E-state index in [0.29, 0.717) is 7.11 Å². The lowest BCUT2D eigenvalue weighted by Gasteiger charge is -2.39. The molecule has 0 atom stereocenters. The Kier molecular flexibility index (Phi) is 6.54. The Hall–Kier alpha value is -4.52. The van der Waals surface area contributed by atoms with E-state index in [1.807, 2.05) is 0 Å². The molecule has 0 aliphatic carbocycles. The predicted molar refractivity (Wildman–Crippen MR) is 198 cm³/mol. The fraction of sp³-hybridized carbons (Fsp3) is 0.317. The van der Waals surface area contributed by atoms with Gasteiger partial charge in [0.25, 0.3) is 0 Å². The van der Waals surface area contributed by atoms with Crippen LogP contribution in [0.1, 0.15) is 61.0 Å². The average molecular weight is 769 g/mol. The Morgan fingerprint density at radius 3 is 2.38 bits per heavy atom. The number of thioether (sulfide) groups is 1. The van der Waals surface area contributed by atoms with Crippen molar-refractivity contribution in [2.45, 2.75) is 55.7 Å². The third-order valence-electron chi connectivity index (χ3n) is 7.58. The standard InChI is InChI=1S/C41H40F5N3O3S/c1-27-6-15-34-36(22-27)49(39(23-37(34)50)53-26-31-4-3-5-35(42)40(31)43)25-38(51)48(33-16-18-47(19-17-33)20-21-52-2)24-28-7-9-29(10-8-28)30-11-13-32(14-12-30)41(44,45)46/h3-15,22-23,33H,16-21,24-26H2,1-2H3/i6D,15D,16D2,17D2,18D2,19D2,20D2,21D2,22D,23D,25D2,33D. The van der Waals surface area contributed by atoms with Crippen molar-refractivity contribution in [1.29, 1.82) is 0 Å². The highest BCUT2D eigenvalue weighted by molar-refractivity contribution is 7.98. The van der Waals surface area contributed by atoms with Crippen LogP contribution in [0.15, 0.2) is 101 Å². The van der Waals surface area contributed by atoms with Crippen molar-refractivity contribution in [2.75, 3.05) is 33.2 Å². The van der Waals surface area contributed by atoms with E-state index in [9.17, 15) is 32.0 Å². The molecule has 1 saturated heterocycles. The highest BCUT2D eigenvalue weighted by atomic mass is 32.2. The van der Waals surface area contributed by atoms with Crippen molar-refractivity contribution in [2.24, 2.45) is 0 Å². The summed E-state index contributed by atoms with van der Waals surface area (Å²) in [4.78, 5) is 28.5. The molecular weight excluding hydrogens is 710 g/mol. The lowest BCUT2D eigenvalue weighted by Crippen LogP contribution is -2.48. The molecule has 1 aliphatic rings. The summed E-state index contributed by atoms with van der Waals surface area (Å²) in [7, 11) is 0.568. The molecule has 6 nitrogen and oxygen atoms in total. The predicted octanol–water partition coefficient (Wildman–Crippen LogP) is 8.71. The van der Waals surface area contributed by atoms with E-state index in [1.54, 1.807) is 0 Å². The Labute approximate surface area is 335 Å². The van der Waals surface area contributed by atoms with Gasteiger partial charge in [-0.2, -0.15) is 13.2 Å². The average Bonchev–Trinajstić information content (AvgIpc) is 3.29. The van der Waals surface area contributed by atoms with Crippen LogP contribution in [0, 0.1) is 18.6 Å². The van der Waals surface area contributed by atoms with Gasteiger partial charge in [0.05, 0.1) is 35.0 Å². The Morgan fingerprint density at radius 2 is 1.72 bits per heavy atom. The van der Waals surface area contributed by atoms with E-state index >= 15 is 9.18 Å². The normalized spacial score (nSPS) is 24.6. The molecule has 278 valence electrons. The van der Waals surface area contributed by atoms with Crippen LogP contribution in [0.5, 0.6) is 0 Å². The molecule has 2 heterocycles. The minimum Gasteiger partial charge on any atom is -0.383 e. The first-order valence-corrected chi connectivity index (χ1v) is 16.4. The smallest absolute Gasteiger partial charge is 0.383 e. The van der Waals surface area contributed by atoms with E-state index < -0.39 is 154 Å². The zero-order valence-corrected chi connectivity index (χ0v) is 28.4. The number of halogens is 5. The van der Waals surface area contributed by atoms with Crippen molar-refractivity contribution in [3.05, 3.63) is 135 Å². The molecule has 0 radical (unpaired) electrons. The second kappa shape index (κ2) is 16.7. The molecule has 0 spiro atoms. The van der Waals surface area contributed by atoms with Crippen LogP contribution < -0.4 is 5.43 Å². The number of benzene rings is 4. The molecule has 53 heavy (non-hydrogen) atoms. The van der Waals surface area contributed by atoms with Crippen LogP contribution in [-0.4, -0.2) is 59.5 Å². The summed E-state index contributed by atoms with van der Waals surface area (Å²) in [6.07, 6.45) is -13.8. The summed E-state index contributed by atoms with van der Waals surface area (Å²) >= 11 is 0.200. The van der Waals surface area contributed by atoms with E-state index in [1.165, 1.54) is 12.1 Å². The number of pyridine rings is 1. The number of amides is 1. The molecule has 1 fully saturated rings. The zero-order valence-electron chi connectivity index (χ0n) is 46.6. The Bertz CT molecular complexity index is 3010. The fourth-order valence-electron chi connectivity index (χ4n) is 4.95. The molecule has 0 unspecified atom stereocenters. The Balaban J connectivity index is 1.68. The van der Waals surface area contributed by atoms with Gasteiger partial charge in [-0.05, 0) is 72.2 Å². The van der Waals surface area contributed by atoms with Gasteiger partial charge in [0.15, 0.2) is 17.1 Å². The van der Waals surface area contributed by atoms with Crippen molar-refractivity contribution in [3.8, 4) is 11.1 Å². The van der Waals surface area contributed by atoms with Crippen LogP contribution in [0.4, 0.5) is 22.0 Å². The fourth-order valence-corrected chi connectivity index (χ4v) is 5.90. The lowest BCUT2D eigenvalue weighted by molar-refractivity contribution is -0.137. The summed E-state index contributed by atoms with van der Waals surface area (Å²) in [6, 6.07) is 2.66. The summed E-state index contributed by atoms with van der Waals surface area (Å²) < 4.78 is 244. The molecule has 4 aromatic carbocycles. The van der Waals surface area contributed by atoms with Gasteiger partial charge in [-0.3, -0.25) is 9.59 Å². The van der Waals surface area contributed by atoms with Crippen LogP contribution in [0.25, 0.3) is 22.0 Å². The third kappa shape index (κ3) is 9.17. The van der Waals surface area contributed by atoms with E-state index in [4.69, 9.17) is 16.4 Å². The van der Waals surface area contributed by atoms with Gasteiger partial charge in [0, 0.05) is 75.6 Å². The number of ether oxygens (including phenoxy) is 1. The quantitative estimate of drug-likeness (QED) is 0.0940. The highest BCUT2D eigenvalue weighted by Crippen LogP contribution is 2.32. The molecule has 12 heteroatoms. The topological polar surface area (TPSA) is 54.8 Å². The van der Waals surface area contributed by atoms with E-state index in [-0.39, 0.29) is 37.9 Å². The minimum atomic E-state index is -4.71. The van der Waals surface area contributed by atoms with Crippen molar-refractivity contribution in [1.82, 2.24) is 14.4 Å². The van der Waals surface area contributed by atoms with Gasteiger partial charge >= 0.3 is 6.18 Å². The van der Waals surface area contributed by atoms with Crippen LogP contribution in [0.3, 0.4) is 0 Å². The molecule has 1 aliphatic heterocycles. The number of hydrogen-bond donors (Lipinski definition) is 0. The SMILES string of the molecule is [2H]c1c(C)c([2H])c2c(c1[2H])c(=O)c([2H])c(SCc1cccc(F)c1F)n2C([2H])([2H])C(=O)N(Cc1ccc(-c2ccc(C(F)(F)F)cc2)cc1)C1([2H])C([2H])([2H])C([2H])([2H])N(C([2H])([2H])C([2H])([2H])OC)C([2H])([2H])C1([2H])[2H]. The number of piperidine rings is 1. The maximum atomic E-state index is 15.6. The monoisotopic (exact) mass is 768 g/mol. The second-order valence-corrected chi connectivity index (χ2v) is 12.1. The summed E-state index contributed by atoms with van der Waals surface area (Å²) in [5, 5.41) is -2.01. The summed E-state index contributed by atoms with van der Waals surface area (Å²) in [6.45, 7) is -21.4. The molecule has 5 aromatic rings. The third-order valence-corrected chi connectivity index (χ3v) is 8.60. The number of aromatic nitrogens is 1. The number of hydrogen-bond acceptors (Lipinski definition) is 5. The van der Waals surface area contributed by atoms with E-state index in [0.717, 1.165) is 61.5 Å². The van der Waals surface area contributed by atoms with Gasteiger partial charge < -0.3 is 19.1 Å². The van der Waals surface area contributed by atoms with Crippen molar-refractivity contribution < 1.29 is 57.5 Å². The Morgan fingerprint density at radius 1 is 1.04 bits per heavy atom. The van der Waals surface area contributed by atoms with Crippen molar-refractivity contribution in [3.63, 3.8) is 0 Å². The lowest BCUT2D eigenvalue weighted by atomic mass is 10.00. The molecule has 1 amide bonds. The molecule has 0 N–H and O–H groups in total. The van der Waals surface area contributed by atoms with Crippen molar-refractivity contribution >= 4 is 28.6 Å². The van der Waals surface area contributed by atoms with Crippen LogP contribution in [0.2, 0.25) is 0 Å². The number of nitrogens with zero attached hydrogens (tertiary/aromatic N) is 3. The molecular formula is C41H40F5N3O3S. The number of likely N-dealkylation sites (tertiary alicyclic amines) is 1. The zero-order chi connectivity index (χ0) is 54.7. The molecule has 0 saturated carbocycles. The maximum Gasteiger partial charge on any atom is 0.416 e. The van der Waals surface area contributed by atoms with Gasteiger partial charge in [0.2, 0.25) is 5.91 Å². The number of carbonyl (C=O) groups excluding carboxylic acids is 1. The van der Waals surface area contributed by atoms with Gasteiger partial charge in [-0.1, -0.05) is 54.6 Å². The van der Waals surface area contributed by atoms with E-state index in [2.05, 4.69) is 4.74 Å². The largest absolute Gasteiger partial charge is 0.416 e. The van der Waals surface area contributed by atoms with Gasteiger partial charge in [-0.25, -0.2) is 8.78 Å². The first kappa shape index (κ1) is 20.8. The summed E-state index contributed by atoms with van der Waals surface area (Å²) in [5.41, 5.74) is -4.32. The number of alkyl halides is 3. The summed E-state index contributed by atoms with van der Waals surface area (Å²) in [5.74, 6) is -5.91. The molecule has 6 rings (SSSR count). The van der Waals surface area contributed by atoms with Crippen LogP contribution >= 0.6 is 11.8 Å². The number of carbonyl (C=O) groups is 1. The van der Waals surface area contributed by atoms with Gasteiger partial charge in [0.1, 0.15) is 6.50 Å². The highest BCUT2D eigenvalue weighted by Gasteiger charge is 2.31. The molecule has 0 bridgehead atoms. The van der Waals surface area contributed by atoms with Crippen LogP contribution in [-0.2, 0) is 34.5 Å². The van der Waals surface area contributed by atoms with Gasteiger partial charge in [-0.15, -0.1) is 11.8 Å². The molecule has 1 aromatic heterocycles.